The Morgan fingerprint density at radius 2 is 2.25 bits per heavy atom. The summed E-state index contributed by atoms with van der Waals surface area (Å²) in [5.41, 5.74) is 1.85. The summed E-state index contributed by atoms with van der Waals surface area (Å²) in [6, 6.07) is 4.06. The van der Waals surface area contributed by atoms with Crippen molar-refractivity contribution < 1.29 is 4.79 Å². The normalized spacial score (nSPS) is 10.5. The van der Waals surface area contributed by atoms with Gasteiger partial charge in [-0.15, -0.1) is 22.7 Å². The Bertz CT molecular complexity index is 587. The fourth-order valence-corrected chi connectivity index (χ4v) is 3.50. The number of carbonyl (C=O) groups excluding carboxylic acids is 1. The molecular formula is C15H18N2OS2. The zero-order valence-corrected chi connectivity index (χ0v) is 13.4. The first-order valence-electron chi connectivity index (χ1n) is 6.50. The van der Waals surface area contributed by atoms with Crippen molar-refractivity contribution in [3.63, 3.8) is 0 Å². The number of thiophene rings is 1. The highest BCUT2D eigenvalue weighted by Gasteiger charge is 2.14. The second-order valence-corrected chi connectivity index (χ2v) is 6.47. The van der Waals surface area contributed by atoms with Gasteiger partial charge < -0.3 is 4.90 Å². The van der Waals surface area contributed by atoms with Crippen molar-refractivity contribution in [2.24, 2.45) is 0 Å². The van der Waals surface area contributed by atoms with Gasteiger partial charge in [0.2, 0.25) is 5.91 Å². The molecular weight excluding hydrogens is 288 g/mol. The molecule has 0 fully saturated rings. The molecule has 0 aliphatic carbocycles. The average Bonchev–Trinajstić information content (AvgIpc) is 3.05. The highest BCUT2D eigenvalue weighted by Crippen LogP contribution is 2.27. The second kappa shape index (κ2) is 6.81. The predicted octanol–water partition coefficient (Wildman–Crippen LogP) is 3.84. The molecule has 2 aromatic heterocycles. The maximum atomic E-state index is 12.2. The Morgan fingerprint density at radius 3 is 2.85 bits per heavy atom. The number of rotatable bonds is 6. The molecule has 3 nitrogen and oxygen atoms in total. The van der Waals surface area contributed by atoms with E-state index in [-0.39, 0.29) is 5.91 Å². The van der Waals surface area contributed by atoms with Crippen molar-refractivity contribution in [3.05, 3.63) is 40.7 Å². The fourth-order valence-electron chi connectivity index (χ4n) is 1.87. The summed E-state index contributed by atoms with van der Waals surface area (Å²) in [5.74, 6) is 0.110. The molecule has 0 bridgehead atoms. The van der Waals surface area contributed by atoms with Gasteiger partial charge in [-0.3, -0.25) is 4.79 Å². The lowest BCUT2D eigenvalue weighted by Gasteiger charge is -2.20. The van der Waals surface area contributed by atoms with Crippen molar-refractivity contribution in [3.8, 4) is 9.88 Å². The van der Waals surface area contributed by atoms with Crippen LogP contribution in [0.4, 0.5) is 0 Å². The molecule has 0 saturated heterocycles. The number of hydrogen-bond acceptors (Lipinski definition) is 4. The molecule has 5 heteroatoms. The molecule has 0 unspecified atom stereocenters. The first-order chi connectivity index (χ1) is 9.60. The number of amides is 1. The standard InChI is InChI=1S/C15H18N2OS2/c1-4-17(9-11(2)3)14(18)8-12-10-20-15(16-12)13-6-5-7-19-13/h5-7,10H,2,4,8-9H2,1,3H3. The molecule has 2 heterocycles. The van der Waals surface area contributed by atoms with Gasteiger partial charge in [0.25, 0.3) is 0 Å². The highest BCUT2D eigenvalue weighted by atomic mass is 32.1. The van der Waals surface area contributed by atoms with Crippen molar-refractivity contribution in [2.45, 2.75) is 20.3 Å². The van der Waals surface area contributed by atoms with E-state index in [1.54, 1.807) is 22.7 Å². The van der Waals surface area contributed by atoms with E-state index in [4.69, 9.17) is 0 Å². The van der Waals surface area contributed by atoms with E-state index in [9.17, 15) is 4.79 Å². The third-order valence-electron chi connectivity index (χ3n) is 2.81. The van der Waals surface area contributed by atoms with Crippen LogP contribution in [0.3, 0.4) is 0 Å². The first kappa shape index (κ1) is 14.9. The van der Waals surface area contributed by atoms with Gasteiger partial charge in [-0.1, -0.05) is 18.2 Å². The molecule has 1 amide bonds. The number of hydrogen-bond donors (Lipinski definition) is 0. The van der Waals surface area contributed by atoms with E-state index >= 15 is 0 Å². The van der Waals surface area contributed by atoms with Crippen molar-refractivity contribution >= 4 is 28.6 Å². The molecule has 0 atom stereocenters. The monoisotopic (exact) mass is 306 g/mol. The van der Waals surface area contributed by atoms with Crippen LogP contribution in [0.2, 0.25) is 0 Å². The quantitative estimate of drug-likeness (QED) is 0.760. The van der Waals surface area contributed by atoms with Gasteiger partial charge in [-0.2, -0.15) is 0 Å². The van der Waals surface area contributed by atoms with E-state index in [1.807, 2.05) is 35.6 Å². The highest BCUT2D eigenvalue weighted by molar-refractivity contribution is 7.20. The second-order valence-electron chi connectivity index (χ2n) is 4.66. The van der Waals surface area contributed by atoms with Crippen LogP contribution in [0.15, 0.2) is 35.0 Å². The molecule has 0 radical (unpaired) electrons. The van der Waals surface area contributed by atoms with Crippen LogP contribution in [0.5, 0.6) is 0 Å². The van der Waals surface area contributed by atoms with Crippen LogP contribution in [0.1, 0.15) is 19.5 Å². The maximum Gasteiger partial charge on any atom is 0.228 e. The van der Waals surface area contributed by atoms with Gasteiger partial charge in [0.15, 0.2) is 0 Å². The Kier molecular flexibility index (Phi) is 5.09. The van der Waals surface area contributed by atoms with E-state index in [2.05, 4.69) is 17.6 Å². The number of likely N-dealkylation sites (N-methyl/N-ethyl adjacent to an activating group) is 1. The lowest BCUT2D eigenvalue weighted by atomic mass is 10.2. The summed E-state index contributed by atoms with van der Waals surface area (Å²) >= 11 is 3.26. The minimum absolute atomic E-state index is 0.110. The summed E-state index contributed by atoms with van der Waals surface area (Å²) in [5, 5.41) is 5.00. The van der Waals surface area contributed by atoms with Gasteiger partial charge >= 0.3 is 0 Å². The van der Waals surface area contributed by atoms with Crippen LogP contribution >= 0.6 is 22.7 Å². The summed E-state index contributed by atoms with van der Waals surface area (Å²) < 4.78 is 0. The Hall–Kier alpha value is -1.46. The Labute approximate surface area is 127 Å². The number of carbonyl (C=O) groups is 1. The molecule has 2 rings (SSSR count). The van der Waals surface area contributed by atoms with Crippen molar-refractivity contribution in [1.82, 2.24) is 9.88 Å². The summed E-state index contributed by atoms with van der Waals surface area (Å²) in [4.78, 5) is 19.7. The number of nitrogens with zero attached hydrogens (tertiary/aromatic N) is 2. The zero-order chi connectivity index (χ0) is 14.5. The lowest BCUT2D eigenvalue weighted by molar-refractivity contribution is -0.129. The van der Waals surface area contributed by atoms with Crippen LogP contribution in [-0.2, 0) is 11.2 Å². The van der Waals surface area contributed by atoms with E-state index < -0.39 is 0 Å². The van der Waals surface area contributed by atoms with Crippen molar-refractivity contribution in [1.29, 1.82) is 0 Å². The molecule has 20 heavy (non-hydrogen) atoms. The van der Waals surface area contributed by atoms with Crippen LogP contribution in [0.25, 0.3) is 9.88 Å². The molecule has 106 valence electrons. The zero-order valence-electron chi connectivity index (χ0n) is 11.8. The smallest absolute Gasteiger partial charge is 0.228 e. The van der Waals surface area contributed by atoms with Crippen LogP contribution < -0.4 is 0 Å². The first-order valence-corrected chi connectivity index (χ1v) is 8.26. The van der Waals surface area contributed by atoms with Gasteiger partial charge in [0, 0.05) is 18.5 Å². The SMILES string of the molecule is C=C(C)CN(CC)C(=O)Cc1csc(-c2cccs2)n1. The van der Waals surface area contributed by atoms with E-state index in [1.165, 1.54) is 0 Å². The lowest BCUT2D eigenvalue weighted by Crippen LogP contribution is -2.33. The molecule has 2 aromatic rings. The number of thiazole rings is 1. The topological polar surface area (TPSA) is 33.2 Å². The van der Waals surface area contributed by atoms with E-state index in [0.717, 1.165) is 21.2 Å². The molecule has 0 aliphatic rings. The fraction of sp³-hybridized carbons (Fsp3) is 0.333. The molecule has 0 aliphatic heterocycles. The van der Waals surface area contributed by atoms with Gasteiger partial charge in [-0.25, -0.2) is 4.98 Å². The molecule has 0 N–H and O–H groups in total. The minimum atomic E-state index is 0.110. The molecule has 0 saturated carbocycles. The van der Waals surface area contributed by atoms with Crippen LogP contribution in [0, 0.1) is 0 Å². The Balaban J connectivity index is 2.02. The number of aromatic nitrogens is 1. The predicted molar refractivity (Wildman–Crippen MR) is 86.2 cm³/mol. The summed E-state index contributed by atoms with van der Waals surface area (Å²) in [6.07, 6.45) is 0.364. The average molecular weight is 306 g/mol. The van der Waals surface area contributed by atoms with Crippen LogP contribution in [-0.4, -0.2) is 28.9 Å². The largest absolute Gasteiger partial charge is 0.339 e. The van der Waals surface area contributed by atoms with Gasteiger partial charge in [-0.05, 0) is 25.3 Å². The third-order valence-corrected chi connectivity index (χ3v) is 4.74. The maximum absolute atomic E-state index is 12.2. The summed E-state index contributed by atoms with van der Waals surface area (Å²) in [6.45, 7) is 9.11. The Morgan fingerprint density at radius 1 is 1.45 bits per heavy atom. The minimum Gasteiger partial charge on any atom is -0.339 e. The molecule has 0 aromatic carbocycles. The molecule has 0 spiro atoms. The van der Waals surface area contributed by atoms with E-state index in [0.29, 0.717) is 19.5 Å². The van der Waals surface area contributed by atoms with Gasteiger partial charge in [0.1, 0.15) is 5.01 Å². The third kappa shape index (κ3) is 3.77. The van der Waals surface area contributed by atoms with Crippen molar-refractivity contribution in [2.75, 3.05) is 13.1 Å². The summed E-state index contributed by atoms with van der Waals surface area (Å²) in [7, 11) is 0. The van der Waals surface area contributed by atoms with Gasteiger partial charge in [0.05, 0.1) is 17.0 Å².